The van der Waals surface area contributed by atoms with Gasteiger partial charge in [-0.2, -0.15) is 0 Å². The molecule has 0 spiro atoms. The van der Waals surface area contributed by atoms with E-state index in [0.717, 1.165) is 11.8 Å². The number of aromatic nitrogens is 1. The van der Waals surface area contributed by atoms with E-state index in [4.69, 9.17) is 0 Å². The zero-order valence-corrected chi connectivity index (χ0v) is 18.4. The second-order valence-corrected chi connectivity index (χ2v) is 10.6. The molecule has 1 aliphatic heterocycles. The Morgan fingerprint density at radius 1 is 1.12 bits per heavy atom. The Balaban J connectivity index is 1.75. The van der Waals surface area contributed by atoms with E-state index in [1.807, 2.05) is 30.3 Å². The molecule has 1 aliphatic rings. The first-order valence-corrected chi connectivity index (χ1v) is 12.7. The zero-order chi connectivity index (χ0) is 23.1. The first-order valence-electron chi connectivity index (χ1n) is 9.27. The van der Waals surface area contributed by atoms with Gasteiger partial charge in [0.05, 0.1) is 24.2 Å². The lowest BCUT2D eigenvalue weighted by Gasteiger charge is -2.34. The minimum atomic E-state index is -3.79. The van der Waals surface area contributed by atoms with Gasteiger partial charge in [-0.25, -0.2) is 8.42 Å². The second-order valence-electron chi connectivity index (χ2n) is 7.16. The molecule has 32 heavy (non-hydrogen) atoms. The molecular formula is C20H20N4O6S2. The summed E-state index contributed by atoms with van der Waals surface area (Å²) in [6, 6.07) is 14.7. The highest BCUT2D eigenvalue weighted by molar-refractivity contribution is 8.23. The van der Waals surface area contributed by atoms with Crippen molar-refractivity contribution in [2.24, 2.45) is 4.40 Å². The Hall–Kier alpha value is -3.32. The van der Waals surface area contributed by atoms with Gasteiger partial charge in [0.2, 0.25) is 10.0 Å². The lowest BCUT2D eigenvalue weighted by Crippen LogP contribution is -2.31. The van der Waals surface area contributed by atoms with Crippen molar-refractivity contribution in [1.82, 2.24) is 4.57 Å². The Labute approximate surface area is 185 Å². The van der Waals surface area contributed by atoms with Crippen LogP contribution in [0, 0.1) is 0 Å². The fourth-order valence-corrected chi connectivity index (χ4v) is 5.00. The molecule has 0 saturated heterocycles. The van der Waals surface area contributed by atoms with E-state index in [1.54, 1.807) is 0 Å². The lowest BCUT2D eigenvalue weighted by atomic mass is 10.2. The Morgan fingerprint density at radius 3 is 2.53 bits per heavy atom. The third-order valence-electron chi connectivity index (χ3n) is 4.63. The summed E-state index contributed by atoms with van der Waals surface area (Å²) in [6.45, 7) is 0.244. The molecule has 3 aromatic rings. The molecule has 0 amide bonds. The zero-order valence-electron chi connectivity index (χ0n) is 16.8. The van der Waals surface area contributed by atoms with Crippen LogP contribution >= 0.6 is 10.8 Å². The maximum Gasteiger partial charge on any atom is 0.265 e. The van der Waals surface area contributed by atoms with Crippen LogP contribution in [-0.4, -0.2) is 39.3 Å². The molecule has 4 rings (SSSR count). The highest BCUT2D eigenvalue weighted by Gasteiger charge is 2.29. The van der Waals surface area contributed by atoms with Gasteiger partial charge in [0.15, 0.2) is 5.84 Å². The first kappa shape index (κ1) is 21.9. The van der Waals surface area contributed by atoms with Gasteiger partial charge in [0, 0.05) is 6.20 Å². The van der Waals surface area contributed by atoms with Gasteiger partial charge in [0.25, 0.3) is 5.56 Å². The number of aromatic hydroxyl groups is 1. The quantitative estimate of drug-likeness (QED) is 0.379. The molecule has 0 aliphatic carbocycles. The van der Waals surface area contributed by atoms with Crippen molar-refractivity contribution >= 4 is 38.0 Å². The minimum absolute atomic E-state index is 0.0464. The second kappa shape index (κ2) is 7.98. The van der Waals surface area contributed by atoms with Gasteiger partial charge in [-0.3, -0.25) is 18.6 Å². The molecule has 0 atom stereocenters. The monoisotopic (exact) mass is 476 g/mol. The van der Waals surface area contributed by atoms with Crippen molar-refractivity contribution in [2.45, 2.75) is 11.4 Å². The summed E-state index contributed by atoms with van der Waals surface area (Å²) in [5.41, 5.74) is 0.414. The van der Waals surface area contributed by atoms with Crippen LogP contribution in [-0.2, 0) is 16.6 Å². The van der Waals surface area contributed by atoms with E-state index in [0.29, 0.717) is 0 Å². The molecule has 1 aromatic heterocycles. The van der Waals surface area contributed by atoms with Crippen LogP contribution in [0.3, 0.4) is 0 Å². The van der Waals surface area contributed by atoms with E-state index in [-0.39, 0.29) is 40.0 Å². The molecule has 5 N–H and O–H groups in total. The number of hydrogen-bond acceptors (Lipinski definition) is 8. The van der Waals surface area contributed by atoms with E-state index in [9.17, 15) is 27.4 Å². The maximum absolute atomic E-state index is 13.1. The average Bonchev–Trinajstić information content (AvgIpc) is 2.70. The molecule has 0 saturated carbocycles. The Bertz CT molecular complexity index is 1380. The normalized spacial score (nSPS) is 15.8. The van der Waals surface area contributed by atoms with Crippen LogP contribution in [0.15, 0.2) is 74.9 Å². The van der Waals surface area contributed by atoms with Crippen LogP contribution in [0.4, 0.5) is 11.4 Å². The number of nitrogens with one attached hydrogen (secondary N) is 2. The van der Waals surface area contributed by atoms with E-state index >= 15 is 0 Å². The maximum atomic E-state index is 13.1. The van der Waals surface area contributed by atoms with Gasteiger partial charge in [-0.15, -0.1) is 4.40 Å². The summed E-state index contributed by atoms with van der Waals surface area (Å²) >= 11 is 0. The van der Waals surface area contributed by atoms with E-state index in [1.165, 1.54) is 35.0 Å². The third-order valence-corrected chi connectivity index (χ3v) is 6.60. The van der Waals surface area contributed by atoms with E-state index < -0.39 is 26.4 Å². The number of hydrogen-bond donors (Lipinski definition) is 5. The summed E-state index contributed by atoms with van der Waals surface area (Å²) < 4.78 is 51.7. The predicted octanol–water partition coefficient (Wildman–Crippen LogP) is 2.87. The van der Waals surface area contributed by atoms with Crippen molar-refractivity contribution in [2.75, 3.05) is 16.3 Å². The summed E-state index contributed by atoms with van der Waals surface area (Å²) in [6.07, 6.45) is 2.41. The lowest BCUT2D eigenvalue weighted by molar-refractivity contribution is 0.470. The number of amidine groups is 1. The summed E-state index contributed by atoms with van der Waals surface area (Å²) in [5, 5.41) is 13.2. The molecule has 0 unspecified atom stereocenters. The van der Waals surface area contributed by atoms with Crippen molar-refractivity contribution in [1.29, 1.82) is 0 Å². The average molecular weight is 477 g/mol. The van der Waals surface area contributed by atoms with E-state index in [2.05, 4.69) is 14.4 Å². The van der Waals surface area contributed by atoms with Crippen LogP contribution in [0.2, 0.25) is 0 Å². The SMILES string of the molecule is CS(=O)(=O)Nc1ccc2c(c1)S(O)(O)N=C(c1c(O)ccn(Cc3ccccc3)c1=O)N2. The van der Waals surface area contributed by atoms with Crippen molar-refractivity contribution in [3.63, 3.8) is 0 Å². The van der Waals surface area contributed by atoms with Crippen molar-refractivity contribution in [3.05, 3.63) is 82.3 Å². The van der Waals surface area contributed by atoms with Gasteiger partial charge < -0.3 is 15.0 Å². The topological polar surface area (TPSA) is 153 Å². The summed E-state index contributed by atoms with van der Waals surface area (Å²) in [7, 11) is -7.37. The summed E-state index contributed by atoms with van der Waals surface area (Å²) in [4.78, 5) is 13.0. The number of pyridine rings is 1. The number of rotatable bonds is 5. The number of anilines is 2. The summed E-state index contributed by atoms with van der Waals surface area (Å²) in [5.74, 6) is -0.578. The molecule has 2 aromatic carbocycles. The molecular weight excluding hydrogens is 456 g/mol. The number of nitrogens with zero attached hydrogens (tertiary/aromatic N) is 2. The van der Waals surface area contributed by atoms with Crippen LogP contribution in [0.1, 0.15) is 11.1 Å². The predicted molar refractivity (Wildman–Crippen MR) is 124 cm³/mol. The molecule has 0 radical (unpaired) electrons. The van der Waals surface area contributed by atoms with Crippen LogP contribution in [0.5, 0.6) is 5.75 Å². The highest BCUT2D eigenvalue weighted by Crippen LogP contribution is 2.56. The fourth-order valence-electron chi connectivity index (χ4n) is 3.26. The van der Waals surface area contributed by atoms with Gasteiger partial charge in [-0.1, -0.05) is 41.1 Å². The molecule has 12 heteroatoms. The molecule has 0 fully saturated rings. The van der Waals surface area contributed by atoms with Gasteiger partial charge in [-0.05, 0) is 29.8 Å². The first-order chi connectivity index (χ1) is 15.0. The standard InChI is InChI=1S/C20H20N4O6S2/c1-31(27,28)22-14-7-8-15-17(11-14)32(29,30)23-19(21-15)18-16(25)9-10-24(20(18)26)12-13-5-3-2-4-6-13/h2-11,22,25,29-30H,12H2,1H3,(H,21,23). The number of fused-ring (bicyclic) bond motifs is 1. The fraction of sp³-hybridized carbons (Fsp3) is 0.100. The molecule has 10 nitrogen and oxygen atoms in total. The Morgan fingerprint density at radius 2 is 1.84 bits per heavy atom. The minimum Gasteiger partial charge on any atom is -0.507 e. The van der Waals surface area contributed by atoms with Crippen LogP contribution in [0.25, 0.3) is 0 Å². The largest absolute Gasteiger partial charge is 0.507 e. The molecule has 2 heterocycles. The molecule has 168 valence electrons. The van der Waals surface area contributed by atoms with Crippen molar-refractivity contribution in [3.8, 4) is 5.75 Å². The Kier molecular flexibility index (Phi) is 5.46. The molecule has 0 bridgehead atoms. The third kappa shape index (κ3) is 4.48. The number of sulfonamides is 1. The number of benzene rings is 2. The highest BCUT2D eigenvalue weighted by atomic mass is 32.3. The van der Waals surface area contributed by atoms with Gasteiger partial charge >= 0.3 is 0 Å². The smallest absolute Gasteiger partial charge is 0.265 e. The van der Waals surface area contributed by atoms with Gasteiger partial charge in [0.1, 0.15) is 16.2 Å². The van der Waals surface area contributed by atoms with Crippen LogP contribution < -0.4 is 15.6 Å². The van der Waals surface area contributed by atoms with Crippen molar-refractivity contribution < 1.29 is 22.6 Å².